The summed E-state index contributed by atoms with van der Waals surface area (Å²) in [5.74, 6) is 0.207. The van der Waals surface area contributed by atoms with E-state index in [0.29, 0.717) is 68.1 Å². The molecular weight excluding hydrogens is 516 g/mol. The van der Waals surface area contributed by atoms with E-state index in [0.717, 1.165) is 11.3 Å². The molecule has 12 heteroatoms. The van der Waals surface area contributed by atoms with Crippen molar-refractivity contribution in [3.05, 3.63) is 72.6 Å². The van der Waals surface area contributed by atoms with Crippen molar-refractivity contribution in [1.29, 1.82) is 0 Å². The van der Waals surface area contributed by atoms with Gasteiger partial charge in [-0.05, 0) is 29.8 Å². The molecule has 40 heavy (non-hydrogen) atoms. The Labute approximate surface area is 231 Å². The van der Waals surface area contributed by atoms with Crippen LogP contribution in [-0.4, -0.2) is 67.0 Å². The molecule has 208 valence electrons. The van der Waals surface area contributed by atoms with Crippen LogP contribution in [0.15, 0.2) is 61.4 Å². The summed E-state index contributed by atoms with van der Waals surface area (Å²) < 4.78 is 11.2. The van der Waals surface area contributed by atoms with Gasteiger partial charge in [0.15, 0.2) is 5.82 Å². The van der Waals surface area contributed by atoms with E-state index in [4.69, 9.17) is 14.3 Å². The maximum atomic E-state index is 12.2. The van der Waals surface area contributed by atoms with E-state index in [2.05, 4.69) is 32.1 Å². The predicted molar refractivity (Wildman–Crippen MR) is 149 cm³/mol. The molecule has 0 bridgehead atoms. The van der Waals surface area contributed by atoms with Gasteiger partial charge in [0.1, 0.15) is 17.9 Å². The van der Waals surface area contributed by atoms with Crippen LogP contribution in [0.3, 0.4) is 0 Å². The van der Waals surface area contributed by atoms with Crippen LogP contribution in [0.25, 0.3) is 0 Å². The number of hydrogen-bond donors (Lipinski definition) is 3. The zero-order valence-corrected chi connectivity index (χ0v) is 22.0. The first-order valence-electron chi connectivity index (χ1n) is 12.8. The standard InChI is InChI=1S/C28H30N6O6/c1-3-27(35)32-20-14-21(24(38-2)15-23(20)33-8-11-39-12-9-33)31-25-16-26(30-17-29-25)34-22(7-10-40-34)18-5-4-6-19(13-18)28(36)37/h3-6,13-17,22H,1,7-12H2,2H3,(H,32,35)(H,36,37)(H,29,30,31). The molecule has 3 heterocycles. The van der Waals surface area contributed by atoms with E-state index in [1.54, 1.807) is 42.5 Å². The lowest BCUT2D eigenvalue weighted by Crippen LogP contribution is -2.36. The van der Waals surface area contributed by atoms with Crippen LogP contribution in [0.4, 0.5) is 28.7 Å². The number of carboxylic acid groups (broad SMARTS) is 1. The average Bonchev–Trinajstić information content (AvgIpc) is 3.48. The number of aromatic carboxylic acids is 1. The van der Waals surface area contributed by atoms with Gasteiger partial charge in [-0.2, -0.15) is 0 Å². The molecule has 3 aromatic rings. The fourth-order valence-corrected chi connectivity index (χ4v) is 4.74. The summed E-state index contributed by atoms with van der Waals surface area (Å²) in [6.45, 7) is 6.54. The van der Waals surface area contributed by atoms with Crippen molar-refractivity contribution >= 4 is 40.6 Å². The first-order valence-corrected chi connectivity index (χ1v) is 12.8. The fraction of sp³-hybridized carbons (Fsp3) is 0.286. The van der Waals surface area contributed by atoms with Crippen molar-refractivity contribution in [2.75, 3.05) is 60.6 Å². The van der Waals surface area contributed by atoms with E-state index in [9.17, 15) is 14.7 Å². The van der Waals surface area contributed by atoms with E-state index < -0.39 is 5.97 Å². The van der Waals surface area contributed by atoms with Crippen LogP contribution >= 0.6 is 0 Å². The maximum absolute atomic E-state index is 12.2. The van der Waals surface area contributed by atoms with Crippen LogP contribution < -0.4 is 25.3 Å². The number of hydrogen-bond acceptors (Lipinski definition) is 10. The molecular formula is C28H30N6O6. The Kier molecular flexibility index (Phi) is 8.08. The van der Waals surface area contributed by atoms with Gasteiger partial charge in [-0.3, -0.25) is 9.63 Å². The molecule has 1 amide bonds. The highest BCUT2D eigenvalue weighted by molar-refractivity contribution is 6.02. The SMILES string of the molecule is C=CC(=O)Nc1cc(Nc2cc(N3OCCC3c3cccc(C(=O)O)c3)ncn2)c(OC)cc1N1CCOCC1. The Morgan fingerprint density at radius 3 is 2.70 bits per heavy atom. The molecule has 12 nitrogen and oxygen atoms in total. The second-order valence-electron chi connectivity index (χ2n) is 9.14. The number of nitrogens with one attached hydrogen (secondary N) is 2. The Morgan fingerprint density at radius 1 is 1.12 bits per heavy atom. The monoisotopic (exact) mass is 546 g/mol. The van der Waals surface area contributed by atoms with Crippen molar-refractivity contribution in [2.24, 2.45) is 0 Å². The number of carbonyl (C=O) groups excluding carboxylic acids is 1. The first kappa shape index (κ1) is 26.9. The molecule has 1 atom stereocenters. The number of morpholine rings is 1. The normalized spacial score (nSPS) is 16.9. The third kappa shape index (κ3) is 5.82. The lowest BCUT2D eigenvalue weighted by Gasteiger charge is -2.31. The Balaban J connectivity index is 1.44. The summed E-state index contributed by atoms with van der Waals surface area (Å²) >= 11 is 0. The van der Waals surface area contributed by atoms with Gasteiger partial charge in [0.05, 0.1) is 55.6 Å². The molecule has 2 aliphatic rings. The number of amides is 1. The van der Waals surface area contributed by atoms with Gasteiger partial charge in [-0.25, -0.2) is 19.8 Å². The average molecular weight is 547 g/mol. The number of carboxylic acids is 1. The number of rotatable bonds is 9. The second-order valence-corrected chi connectivity index (χ2v) is 9.14. The number of hydroxylamine groups is 1. The lowest BCUT2D eigenvalue weighted by atomic mass is 10.0. The molecule has 1 unspecified atom stereocenters. The smallest absolute Gasteiger partial charge is 0.335 e. The molecule has 3 N–H and O–H groups in total. The zero-order valence-electron chi connectivity index (χ0n) is 22.0. The second kappa shape index (κ2) is 12.0. The van der Waals surface area contributed by atoms with E-state index >= 15 is 0 Å². The third-order valence-electron chi connectivity index (χ3n) is 6.68. The molecule has 0 radical (unpaired) electrons. The number of methoxy groups -OCH3 is 1. The number of anilines is 5. The van der Waals surface area contributed by atoms with Crippen LogP contribution in [0.1, 0.15) is 28.4 Å². The molecule has 5 rings (SSSR count). The van der Waals surface area contributed by atoms with Gasteiger partial charge < -0.3 is 30.1 Å². The van der Waals surface area contributed by atoms with Crippen molar-refractivity contribution in [3.63, 3.8) is 0 Å². The van der Waals surface area contributed by atoms with E-state index in [-0.39, 0.29) is 17.5 Å². The van der Waals surface area contributed by atoms with Crippen molar-refractivity contribution in [2.45, 2.75) is 12.5 Å². The Hall–Kier alpha value is -4.68. The third-order valence-corrected chi connectivity index (χ3v) is 6.68. The Morgan fingerprint density at radius 2 is 1.95 bits per heavy atom. The maximum Gasteiger partial charge on any atom is 0.335 e. The molecule has 1 aromatic heterocycles. The topological polar surface area (TPSA) is 138 Å². The lowest BCUT2D eigenvalue weighted by molar-refractivity contribution is -0.111. The molecule has 2 aliphatic heterocycles. The van der Waals surface area contributed by atoms with Crippen LogP contribution in [-0.2, 0) is 14.4 Å². The number of aromatic nitrogens is 2. The molecule has 0 spiro atoms. The van der Waals surface area contributed by atoms with Crippen molar-refractivity contribution in [1.82, 2.24) is 9.97 Å². The highest BCUT2D eigenvalue weighted by Crippen LogP contribution is 2.40. The highest BCUT2D eigenvalue weighted by atomic mass is 16.7. The number of carbonyl (C=O) groups is 2. The molecule has 2 saturated heterocycles. The fourth-order valence-electron chi connectivity index (χ4n) is 4.74. The van der Waals surface area contributed by atoms with Crippen molar-refractivity contribution in [3.8, 4) is 5.75 Å². The van der Waals surface area contributed by atoms with Gasteiger partial charge in [0.2, 0.25) is 5.91 Å². The number of nitrogens with zero attached hydrogens (tertiary/aromatic N) is 4. The predicted octanol–water partition coefficient (Wildman–Crippen LogP) is 3.77. The minimum atomic E-state index is -0.988. The minimum absolute atomic E-state index is 0.210. The molecule has 2 aromatic carbocycles. The quantitative estimate of drug-likeness (QED) is 0.338. The number of benzene rings is 2. The highest BCUT2D eigenvalue weighted by Gasteiger charge is 2.30. The zero-order chi connectivity index (χ0) is 28.1. The van der Waals surface area contributed by atoms with E-state index in [1.807, 2.05) is 12.1 Å². The van der Waals surface area contributed by atoms with Gasteiger partial charge in [0.25, 0.3) is 0 Å². The van der Waals surface area contributed by atoms with Crippen LogP contribution in [0, 0.1) is 0 Å². The Bertz CT molecular complexity index is 1410. The van der Waals surface area contributed by atoms with E-state index in [1.165, 1.54) is 12.4 Å². The summed E-state index contributed by atoms with van der Waals surface area (Å²) in [5, 5.41) is 17.2. The van der Waals surface area contributed by atoms with Gasteiger partial charge in [-0.15, -0.1) is 0 Å². The minimum Gasteiger partial charge on any atom is -0.494 e. The van der Waals surface area contributed by atoms with Crippen LogP contribution in [0.2, 0.25) is 0 Å². The molecule has 0 aliphatic carbocycles. The summed E-state index contributed by atoms with van der Waals surface area (Å²) in [7, 11) is 1.57. The summed E-state index contributed by atoms with van der Waals surface area (Å²) in [6, 6.07) is 12.0. The summed E-state index contributed by atoms with van der Waals surface area (Å²) in [6.07, 6.45) is 3.30. The van der Waals surface area contributed by atoms with Crippen LogP contribution in [0.5, 0.6) is 5.75 Å². The first-order chi connectivity index (χ1) is 19.5. The molecule has 0 saturated carbocycles. The van der Waals surface area contributed by atoms with Crippen molar-refractivity contribution < 1.29 is 29.0 Å². The number of ether oxygens (including phenoxy) is 2. The molecule has 2 fully saturated rings. The van der Waals surface area contributed by atoms with Gasteiger partial charge >= 0.3 is 5.97 Å². The van der Waals surface area contributed by atoms with Gasteiger partial charge in [0, 0.05) is 31.6 Å². The largest absolute Gasteiger partial charge is 0.494 e. The summed E-state index contributed by atoms with van der Waals surface area (Å²) in [4.78, 5) is 40.5. The van der Waals surface area contributed by atoms with Gasteiger partial charge in [-0.1, -0.05) is 18.7 Å². The summed E-state index contributed by atoms with van der Waals surface area (Å²) in [5.41, 5.74) is 3.00.